The van der Waals surface area contributed by atoms with Crippen molar-refractivity contribution < 1.29 is 5.11 Å². The molecule has 1 unspecified atom stereocenters. The third kappa shape index (κ3) is 2.74. The Morgan fingerprint density at radius 3 is 2.15 bits per heavy atom. The minimum Gasteiger partial charge on any atom is -0.380 e. The highest BCUT2D eigenvalue weighted by atomic mass is 35.5. The van der Waals surface area contributed by atoms with Crippen LogP contribution in [0.1, 0.15) is 34.2 Å². The molecular weight excluding hydrogens is 268 g/mol. The Balaban J connectivity index is 2.62. The molecule has 0 radical (unpaired) electrons. The summed E-state index contributed by atoms with van der Waals surface area (Å²) in [5.41, 5.74) is 4.36. The average molecular weight is 289 g/mol. The maximum atomic E-state index is 11.3. The van der Waals surface area contributed by atoms with E-state index in [4.69, 9.17) is 11.6 Å². The summed E-state index contributed by atoms with van der Waals surface area (Å²) in [6.45, 7) is 6.21. The van der Waals surface area contributed by atoms with Gasteiger partial charge in [-0.2, -0.15) is 0 Å². The van der Waals surface area contributed by atoms with Crippen molar-refractivity contribution in [3.05, 3.63) is 70.3 Å². The molecule has 2 aromatic rings. The summed E-state index contributed by atoms with van der Waals surface area (Å²) in [7, 11) is 0. The Labute approximate surface area is 126 Å². The summed E-state index contributed by atoms with van der Waals surface area (Å²) in [6, 6.07) is 14.0. The van der Waals surface area contributed by atoms with E-state index in [2.05, 4.69) is 26.0 Å². The summed E-state index contributed by atoms with van der Waals surface area (Å²) < 4.78 is 0. The van der Waals surface area contributed by atoms with Crippen molar-refractivity contribution in [2.45, 2.75) is 32.8 Å². The maximum Gasteiger partial charge on any atom is 0.116 e. The van der Waals surface area contributed by atoms with Gasteiger partial charge in [-0.05, 0) is 55.0 Å². The number of hydrogen-bond acceptors (Lipinski definition) is 1. The molecule has 0 fully saturated rings. The fourth-order valence-corrected chi connectivity index (χ4v) is 2.96. The van der Waals surface area contributed by atoms with Crippen LogP contribution in [-0.4, -0.2) is 11.0 Å². The predicted molar refractivity (Wildman–Crippen MR) is 85.4 cm³/mol. The van der Waals surface area contributed by atoms with Crippen LogP contribution in [0.3, 0.4) is 0 Å². The molecule has 0 aliphatic heterocycles. The van der Waals surface area contributed by atoms with Crippen molar-refractivity contribution in [1.29, 1.82) is 0 Å². The molecule has 1 atom stereocenters. The Hall–Kier alpha value is -1.31. The highest BCUT2D eigenvalue weighted by molar-refractivity contribution is 6.17. The van der Waals surface area contributed by atoms with Crippen LogP contribution in [0.15, 0.2) is 42.5 Å². The van der Waals surface area contributed by atoms with Gasteiger partial charge in [0.2, 0.25) is 0 Å². The largest absolute Gasteiger partial charge is 0.380 e. The van der Waals surface area contributed by atoms with Gasteiger partial charge >= 0.3 is 0 Å². The number of aryl methyl sites for hydroxylation is 3. The number of halogens is 1. The normalized spacial score (nSPS) is 14.1. The molecule has 2 heteroatoms. The van der Waals surface area contributed by atoms with E-state index in [1.54, 1.807) is 0 Å². The van der Waals surface area contributed by atoms with Gasteiger partial charge in [0.1, 0.15) is 5.60 Å². The van der Waals surface area contributed by atoms with E-state index in [-0.39, 0.29) is 0 Å². The first-order valence-electron chi connectivity index (χ1n) is 6.91. The van der Waals surface area contributed by atoms with Crippen molar-refractivity contribution in [1.82, 2.24) is 0 Å². The molecule has 0 amide bonds. The van der Waals surface area contributed by atoms with E-state index >= 15 is 0 Å². The highest BCUT2D eigenvalue weighted by Crippen LogP contribution is 2.36. The quantitative estimate of drug-likeness (QED) is 0.823. The molecule has 20 heavy (non-hydrogen) atoms. The minimum atomic E-state index is -1.02. The van der Waals surface area contributed by atoms with Crippen LogP contribution < -0.4 is 0 Å². The molecule has 0 spiro atoms. The molecule has 0 aliphatic carbocycles. The van der Waals surface area contributed by atoms with E-state index in [0.29, 0.717) is 12.3 Å². The lowest BCUT2D eigenvalue weighted by Gasteiger charge is -2.31. The average Bonchev–Trinajstić information content (AvgIpc) is 2.44. The van der Waals surface area contributed by atoms with Gasteiger partial charge in [0, 0.05) is 5.88 Å². The molecule has 0 aromatic heterocycles. The Morgan fingerprint density at radius 1 is 0.950 bits per heavy atom. The second-order valence-electron chi connectivity index (χ2n) is 5.42. The molecular formula is C18H21ClO. The lowest BCUT2D eigenvalue weighted by Crippen LogP contribution is -2.29. The van der Waals surface area contributed by atoms with Gasteiger partial charge in [-0.1, -0.05) is 42.5 Å². The fraction of sp³-hybridized carbons (Fsp3) is 0.333. The van der Waals surface area contributed by atoms with E-state index in [0.717, 1.165) is 16.7 Å². The lowest BCUT2D eigenvalue weighted by atomic mass is 9.80. The topological polar surface area (TPSA) is 20.2 Å². The molecule has 0 heterocycles. The van der Waals surface area contributed by atoms with Gasteiger partial charge in [-0.25, -0.2) is 0 Å². The molecule has 106 valence electrons. The van der Waals surface area contributed by atoms with E-state index in [1.807, 2.05) is 37.3 Å². The minimum absolute atomic E-state index is 0.414. The third-order valence-corrected chi connectivity index (χ3v) is 4.18. The van der Waals surface area contributed by atoms with Crippen LogP contribution in [0.4, 0.5) is 0 Å². The smallest absolute Gasteiger partial charge is 0.116 e. The maximum absolute atomic E-state index is 11.3. The monoisotopic (exact) mass is 288 g/mol. The van der Waals surface area contributed by atoms with Gasteiger partial charge in [0.15, 0.2) is 0 Å². The first-order chi connectivity index (χ1) is 9.49. The molecule has 1 N–H and O–H groups in total. The molecule has 1 nitrogen and oxygen atoms in total. The lowest BCUT2D eigenvalue weighted by molar-refractivity contribution is 0.0767. The summed E-state index contributed by atoms with van der Waals surface area (Å²) in [5.74, 6) is 0.414. The predicted octanol–water partition coefficient (Wildman–Crippen LogP) is 4.48. The van der Waals surface area contributed by atoms with Crippen molar-refractivity contribution in [2.75, 3.05) is 5.88 Å². The van der Waals surface area contributed by atoms with Crippen molar-refractivity contribution in [3.63, 3.8) is 0 Å². The summed E-state index contributed by atoms with van der Waals surface area (Å²) in [6.07, 6.45) is 0.502. The van der Waals surface area contributed by atoms with Crippen LogP contribution >= 0.6 is 11.6 Å². The van der Waals surface area contributed by atoms with Crippen LogP contribution in [0.2, 0.25) is 0 Å². The number of benzene rings is 2. The van der Waals surface area contributed by atoms with Gasteiger partial charge in [0.05, 0.1) is 0 Å². The Morgan fingerprint density at radius 2 is 1.55 bits per heavy atom. The second-order valence-corrected chi connectivity index (χ2v) is 5.79. The molecule has 2 aromatic carbocycles. The summed E-state index contributed by atoms with van der Waals surface area (Å²) in [4.78, 5) is 0. The van der Waals surface area contributed by atoms with Crippen LogP contribution in [0.5, 0.6) is 0 Å². The van der Waals surface area contributed by atoms with E-state index in [9.17, 15) is 5.11 Å². The van der Waals surface area contributed by atoms with Crippen LogP contribution in [0.25, 0.3) is 0 Å². The molecule has 0 bridgehead atoms. The van der Waals surface area contributed by atoms with Gasteiger partial charge in [-0.3, -0.25) is 0 Å². The standard InChI is InChI=1S/C18H21ClO/c1-13-11-15(3)17(12-14(13)2)18(20,9-10-19)16-7-5-4-6-8-16/h4-8,11-12,20H,9-10H2,1-3H3. The van der Waals surface area contributed by atoms with Crippen molar-refractivity contribution >= 4 is 11.6 Å². The molecule has 2 rings (SSSR count). The van der Waals surface area contributed by atoms with Gasteiger partial charge in [-0.15, -0.1) is 11.6 Å². The Kier molecular flexibility index (Phi) is 4.52. The highest BCUT2D eigenvalue weighted by Gasteiger charge is 2.32. The van der Waals surface area contributed by atoms with Crippen molar-refractivity contribution in [3.8, 4) is 0 Å². The van der Waals surface area contributed by atoms with Gasteiger partial charge < -0.3 is 5.11 Å². The SMILES string of the molecule is Cc1cc(C)c(C(O)(CCCl)c2ccccc2)cc1C. The molecule has 0 aliphatic rings. The zero-order chi connectivity index (χ0) is 14.8. The number of hydrogen-bond donors (Lipinski definition) is 1. The van der Waals surface area contributed by atoms with E-state index in [1.165, 1.54) is 11.1 Å². The first kappa shape index (κ1) is 15.1. The zero-order valence-electron chi connectivity index (χ0n) is 12.3. The molecule has 0 saturated heterocycles. The summed E-state index contributed by atoms with van der Waals surface area (Å²) in [5, 5.41) is 11.3. The fourth-order valence-electron chi connectivity index (χ4n) is 2.69. The van der Waals surface area contributed by atoms with Crippen LogP contribution in [-0.2, 0) is 5.60 Å². The number of alkyl halides is 1. The van der Waals surface area contributed by atoms with Crippen molar-refractivity contribution in [2.24, 2.45) is 0 Å². The van der Waals surface area contributed by atoms with Gasteiger partial charge in [0.25, 0.3) is 0 Å². The number of aliphatic hydroxyl groups is 1. The zero-order valence-corrected chi connectivity index (χ0v) is 13.0. The second kappa shape index (κ2) is 5.99. The molecule has 0 saturated carbocycles. The van der Waals surface area contributed by atoms with Crippen LogP contribution in [0, 0.1) is 20.8 Å². The van der Waals surface area contributed by atoms with E-state index < -0.39 is 5.60 Å². The number of rotatable bonds is 4. The summed E-state index contributed by atoms with van der Waals surface area (Å²) >= 11 is 5.95. The third-order valence-electron chi connectivity index (χ3n) is 3.99. The Bertz CT molecular complexity index is 592. The first-order valence-corrected chi connectivity index (χ1v) is 7.44.